The van der Waals surface area contributed by atoms with Crippen molar-refractivity contribution in [3.8, 4) is 5.75 Å². The van der Waals surface area contributed by atoms with Crippen molar-refractivity contribution in [3.63, 3.8) is 0 Å². The third kappa shape index (κ3) is 6.46. The number of piperidine rings is 2. The predicted molar refractivity (Wildman–Crippen MR) is 154 cm³/mol. The molecule has 8 heteroatoms. The van der Waals surface area contributed by atoms with Crippen molar-refractivity contribution in [1.29, 1.82) is 0 Å². The van der Waals surface area contributed by atoms with Crippen LogP contribution in [0.2, 0.25) is 0 Å². The topological polar surface area (TPSA) is 75.5 Å². The van der Waals surface area contributed by atoms with Gasteiger partial charge in [-0.15, -0.1) is 0 Å². The van der Waals surface area contributed by atoms with Gasteiger partial charge in [0.2, 0.25) is 5.95 Å². The molecule has 2 aromatic heterocycles. The van der Waals surface area contributed by atoms with Crippen molar-refractivity contribution in [2.45, 2.75) is 59.9 Å². The second kappa shape index (κ2) is 12.6. The van der Waals surface area contributed by atoms with Crippen LogP contribution in [0.1, 0.15) is 63.9 Å². The van der Waals surface area contributed by atoms with E-state index < -0.39 is 0 Å². The lowest BCUT2D eigenvalue weighted by molar-refractivity contribution is 0.0617. The van der Waals surface area contributed by atoms with Crippen LogP contribution in [0.15, 0.2) is 36.4 Å². The highest BCUT2D eigenvalue weighted by molar-refractivity contribution is 5.94. The molecule has 2 unspecified atom stereocenters. The molecular formula is C30H44N6O2. The first-order valence-electron chi connectivity index (χ1n) is 13.8. The number of anilines is 2. The van der Waals surface area contributed by atoms with Crippen LogP contribution in [-0.4, -0.2) is 70.1 Å². The number of aromatic nitrogens is 3. The van der Waals surface area contributed by atoms with Gasteiger partial charge in [-0.3, -0.25) is 9.36 Å². The zero-order chi connectivity index (χ0) is 25.8. The predicted octanol–water partition coefficient (Wildman–Crippen LogP) is 5.81. The number of likely N-dealkylation sites (tertiary alicyclic amines) is 2. The van der Waals surface area contributed by atoms with Gasteiger partial charge in [-0.2, -0.15) is 0 Å². The van der Waals surface area contributed by atoms with Crippen LogP contribution >= 0.6 is 0 Å². The Bertz CT molecular complexity index is 1190. The van der Waals surface area contributed by atoms with Crippen LogP contribution in [-0.2, 0) is 6.54 Å². The Morgan fingerprint density at radius 1 is 0.974 bits per heavy atom. The Kier molecular flexibility index (Phi) is 9.26. The van der Waals surface area contributed by atoms with Crippen molar-refractivity contribution < 1.29 is 9.53 Å². The molecule has 0 saturated carbocycles. The first-order chi connectivity index (χ1) is 18.0. The minimum Gasteiger partial charge on any atom is -0.497 e. The minimum absolute atomic E-state index is 0. The number of ether oxygens (including phenoxy) is 1. The Balaban J connectivity index is 0.00000336. The molecule has 8 nitrogen and oxygen atoms in total. The van der Waals surface area contributed by atoms with Gasteiger partial charge in [-0.25, -0.2) is 9.97 Å². The van der Waals surface area contributed by atoms with Crippen molar-refractivity contribution in [2.24, 2.45) is 11.8 Å². The molecule has 1 N–H and O–H groups in total. The molecule has 206 valence electrons. The number of nitrogens with zero attached hydrogens (tertiary/aromatic N) is 5. The first kappa shape index (κ1) is 27.9. The van der Waals surface area contributed by atoms with E-state index in [2.05, 4.69) is 28.6 Å². The SMILES string of the molecule is C.COc1ccc(Nc2nc3ccc(C(=O)N4CC(C)CC(C)C4)nc3n2CCCN2CCCCC2)cc1. The molecule has 38 heavy (non-hydrogen) atoms. The van der Waals surface area contributed by atoms with Crippen molar-refractivity contribution in [3.05, 3.63) is 42.1 Å². The van der Waals surface area contributed by atoms with E-state index >= 15 is 0 Å². The maximum atomic E-state index is 13.4. The number of methoxy groups -OCH3 is 1. The van der Waals surface area contributed by atoms with E-state index in [1.807, 2.05) is 41.3 Å². The highest BCUT2D eigenvalue weighted by Gasteiger charge is 2.27. The van der Waals surface area contributed by atoms with E-state index in [0.717, 1.165) is 61.1 Å². The summed E-state index contributed by atoms with van der Waals surface area (Å²) in [5, 5.41) is 3.47. The number of fused-ring (bicyclic) bond motifs is 1. The fourth-order valence-electron chi connectivity index (χ4n) is 5.86. The molecule has 2 saturated heterocycles. The smallest absolute Gasteiger partial charge is 0.272 e. The standard InChI is InChI=1S/C29H40N6O2.CH4/c1-21-18-22(2)20-34(19-21)28(36)26-13-12-25-27(31-26)35(17-7-16-33-14-5-4-6-15-33)29(32-25)30-23-8-10-24(37-3)11-9-23;/h8-13,21-22H,4-7,14-20H2,1-3H3,(H,30,32);1H4. The van der Waals surface area contributed by atoms with Crippen LogP contribution in [0.3, 0.4) is 0 Å². The molecule has 0 bridgehead atoms. The zero-order valence-electron chi connectivity index (χ0n) is 22.4. The van der Waals surface area contributed by atoms with Crippen molar-refractivity contribution in [2.75, 3.05) is 45.2 Å². The third-order valence-corrected chi connectivity index (χ3v) is 7.62. The second-order valence-electron chi connectivity index (χ2n) is 10.9. The van der Waals surface area contributed by atoms with Gasteiger partial charge in [-0.05, 0) is 93.6 Å². The number of hydrogen-bond donors (Lipinski definition) is 1. The molecule has 2 fully saturated rings. The van der Waals surface area contributed by atoms with Crippen LogP contribution in [0, 0.1) is 11.8 Å². The van der Waals surface area contributed by atoms with Gasteiger partial charge in [0.1, 0.15) is 17.0 Å². The monoisotopic (exact) mass is 520 g/mol. The van der Waals surface area contributed by atoms with Crippen molar-refractivity contribution >= 4 is 28.7 Å². The minimum atomic E-state index is 0. The summed E-state index contributed by atoms with van der Waals surface area (Å²) in [7, 11) is 1.67. The fourth-order valence-corrected chi connectivity index (χ4v) is 5.86. The molecular weight excluding hydrogens is 476 g/mol. The van der Waals surface area contributed by atoms with Crippen molar-refractivity contribution in [1.82, 2.24) is 24.3 Å². The highest BCUT2D eigenvalue weighted by atomic mass is 16.5. The van der Waals surface area contributed by atoms with Gasteiger partial charge in [-0.1, -0.05) is 27.7 Å². The molecule has 2 atom stereocenters. The van der Waals surface area contributed by atoms with Gasteiger partial charge in [0.25, 0.3) is 5.91 Å². The molecule has 0 radical (unpaired) electrons. The molecule has 1 aromatic carbocycles. The van der Waals surface area contributed by atoms with Gasteiger partial charge in [0.05, 0.1) is 7.11 Å². The summed E-state index contributed by atoms with van der Waals surface area (Å²) >= 11 is 0. The van der Waals surface area contributed by atoms with Gasteiger partial charge in [0.15, 0.2) is 5.65 Å². The Labute approximate surface area is 227 Å². The summed E-state index contributed by atoms with van der Waals surface area (Å²) in [5.41, 5.74) is 2.99. The molecule has 0 aliphatic carbocycles. The fraction of sp³-hybridized carbons (Fsp3) is 0.567. The summed E-state index contributed by atoms with van der Waals surface area (Å²) in [6.45, 7) is 10.3. The highest BCUT2D eigenvalue weighted by Crippen LogP contribution is 2.26. The van der Waals surface area contributed by atoms with E-state index in [4.69, 9.17) is 14.7 Å². The number of amides is 1. The van der Waals surface area contributed by atoms with E-state index in [1.165, 1.54) is 38.8 Å². The summed E-state index contributed by atoms with van der Waals surface area (Å²) in [6, 6.07) is 11.6. The maximum Gasteiger partial charge on any atom is 0.272 e. The summed E-state index contributed by atoms with van der Waals surface area (Å²) < 4.78 is 7.44. The number of hydrogen-bond acceptors (Lipinski definition) is 6. The molecule has 1 amide bonds. The third-order valence-electron chi connectivity index (χ3n) is 7.62. The maximum absolute atomic E-state index is 13.4. The molecule has 2 aliphatic heterocycles. The lowest BCUT2D eigenvalue weighted by Crippen LogP contribution is -2.42. The van der Waals surface area contributed by atoms with Gasteiger partial charge >= 0.3 is 0 Å². The van der Waals surface area contributed by atoms with Gasteiger partial charge in [0, 0.05) is 25.3 Å². The number of nitrogens with one attached hydrogen (secondary N) is 1. The molecule has 0 spiro atoms. The quantitative estimate of drug-likeness (QED) is 0.404. The van der Waals surface area contributed by atoms with E-state index in [-0.39, 0.29) is 13.3 Å². The van der Waals surface area contributed by atoms with E-state index in [0.29, 0.717) is 17.5 Å². The van der Waals surface area contributed by atoms with Gasteiger partial charge < -0.3 is 19.9 Å². The van der Waals surface area contributed by atoms with E-state index in [1.54, 1.807) is 7.11 Å². The molecule has 4 heterocycles. The number of carbonyl (C=O) groups excluding carboxylic acids is 1. The van der Waals surface area contributed by atoms with Crippen LogP contribution in [0.5, 0.6) is 5.75 Å². The number of pyridine rings is 1. The largest absolute Gasteiger partial charge is 0.497 e. The molecule has 3 aromatic rings. The summed E-state index contributed by atoms with van der Waals surface area (Å²) in [6.07, 6.45) is 6.09. The van der Waals surface area contributed by atoms with Crippen LogP contribution < -0.4 is 10.1 Å². The Hall–Kier alpha value is -3.13. The number of carbonyl (C=O) groups is 1. The summed E-state index contributed by atoms with van der Waals surface area (Å²) in [5.74, 6) is 2.60. The first-order valence-corrected chi connectivity index (χ1v) is 13.8. The number of aryl methyl sites for hydroxylation is 1. The molecule has 2 aliphatic rings. The Morgan fingerprint density at radius 2 is 1.68 bits per heavy atom. The normalized spacial score (nSPS) is 20.2. The van der Waals surface area contributed by atoms with Crippen LogP contribution in [0.25, 0.3) is 11.2 Å². The van der Waals surface area contributed by atoms with Crippen LogP contribution in [0.4, 0.5) is 11.6 Å². The average molecular weight is 521 g/mol. The zero-order valence-corrected chi connectivity index (χ0v) is 22.4. The summed E-state index contributed by atoms with van der Waals surface area (Å²) in [4.78, 5) is 27.7. The number of rotatable bonds is 8. The Morgan fingerprint density at radius 3 is 2.37 bits per heavy atom. The lowest BCUT2D eigenvalue weighted by Gasteiger charge is -2.34. The number of benzene rings is 1. The molecule has 5 rings (SSSR count). The lowest BCUT2D eigenvalue weighted by atomic mass is 9.92. The van der Waals surface area contributed by atoms with E-state index in [9.17, 15) is 4.79 Å². The average Bonchev–Trinajstić information content (AvgIpc) is 3.25. The number of imidazole rings is 1. The second-order valence-corrected chi connectivity index (χ2v) is 10.9.